The summed E-state index contributed by atoms with van der Waals surface area (Å²) in [7, 11) is 0. The standard InChI is InChI=1S/C18H15F4NO4/c1-2-9-3-4-13(10(5-9)6-15(26)27-8-14(24)25)23-18-16(21)11(19)7-12(20)17(18)22/h3-5,7,23H,2,6,8H2,1H3,(H,24,25). The average molecular weight is 385 g/mol. The molecule has 5 nitrogen and oxygen atoms in total. The van der Waals surface area contributed by atoms with Crippen LogP contribution in [0, 0.1) is 23.3 Å². The number of hydrogen-bond donors (Lipinski definition) is 2. The van der Waals surface area contributed by atoms with Crippen molar-refractivity contribution in [2.45, 2.75) is 19.8 Å². The van der Waals surface area contributed by atoms with Gasteiger partial charge in [-0.15, -0.1) is 0 Å². The van der Waals surface area contributed by atoms with Crippen LogP contribution in [0.3, 0.4) is 0 Å². The molecule has 0 amide bonds. The van der Waals surface area contributed by atoms with Crippen molar-refractivity contribution in [1.29, 1.82) is 0 Å². The molecule has 0 radical (unpaired) electrons. The first-order chi connectivity index (χ1) is 12.7. The summed E-state index contributed by atoms with van der Waals surface area (Å²) in [6.07, 6.45) is 0.166. The Kier molecular flexibility index (Phi) is 6.38. The van der Waals surface area contributed by atoms with E-state index in [-0.39, 0.29) is 17.3 Å². The van der Waals surface area contributed by atoms with Gasteiger partial charge in [0.1, 0.15) is 5.69 Å². The molecule has 0 heterocycles. The third-order valence-corrected chi connectivity index (χ3v) is 3.64. The van der Waals surface area contributed by atoms with Crippen LogP contribution in [-0.4, -0.2) is 23.7 Å². The number of benzene rings is 2. The van der Waals surface area contributed by atoms with Crippen LogP contribution in [0.25, 0.3) is 0 Å². The van der Waals surface area contributed by atoms with Gasteiger partial charge in [-0.25, -0.2) is 22.4 Å². The first-order valence-corrected chi connectivity index (χ1v) is 7.82. The van der Waals surface area contributed by atoms with Gasteiger partial charge in [-0.05, 0) is 23.6 Å². The third-order valence-electron chi connectivity index (χ3n) is 3.64. The van der Waals surface area contributed by atoms with Crippen molar-refractivity contribution >= 4 is 23.3 Å². The van der Waals surface area contributed by atoms with Crippen LogP contribution in [0.2, 0.25) is 0 Å². The lowest BCUT2D eigenvalue weighted by molar-refractivity contribution is -0.154. The van der Waals surface area contributed by atoms with E-state index >= 15 is 0 Å². The van der Waals surface area contributed by atoms with Crippen molar-refractivity contribution in [3.63, 3.8) is 0 Å². The lowest BCUT2D eigenvalue weighted by Gasteiger charge is -2.15. The van der Waals surface area contributed by atoms with Gasteiger partial charge < -0.3 is 15.2 Å². The summed E-state index contributed by atoms with van der Waals surface area (Å²) in [5.74, 6) is -8.63. The Morgan fingerprint density at radius 3 is 2.26 bits per heavy atom. The zero-order chi connectivity index (χ0) is 20.1. The highest BCUT2D eigenvalue weighted by Gasteiger charge is 2.21. The predicted molar refractivity (Wildman–Crippen MR) is 87.7 cm³/mol. The molecule has 2 N–H and O–H groups in total. The Hall–Kier alpha value is -3.10. The number of carbonyl (C=O) groups excluding carboxylic acids is 1. The number of esters is 1. The number of rotatable bonds is 7. The third kappa shape index (κ3) is 4.96. The van der Waals surface area contributed by atoms with Gasteiger partial charge in [0, 0.05) is 11.8 Å². The summed E-state index contributed by atoms with van der Waals surface area (Å²) < 4.78 is 59.0. The van der Waals surface area contributed by atoms with Crippen molar-refractivity contribution in [2.75, 3.05) is 11.9 Å². The lowest BCUT2D eigenvalue weighted by Crippen LogP contribution is -2.15. The van der Waals surface area contributed by atoms with Gasteiger partial charge in [-0.1, -0.05) is 19.1 Å². The molecule has 0 saturated carbocycles. The maximum Gasteiger partial charge on any atom is 0.341 e. The Balaban J connectivity index is 2.37. The number of carbonyl (C=O) groups is 2. The maximum absolute atomic E-state index is 13.9. The van der Waals surface area contributed by atoms with Crippen molar-refractivity contribution in [1.82, 2.24) is 0 Å². The predicted octanol–water partition coefficient (Wildman–Crippen LogP) is 3.72. The van der Waals surface area contributed by atoms with Gasteiger partial charge in [-0.2, -0.15) is 0 Å². The molecule has 0 aliphatic rings. The van der Waals surface area contributed by atoms with Gasteiger partial charge in [0.25, 0.3) is 0 Å². The lowest BCUT2D eigenvalue weighted by atomic mass is 10.0. The topological polar surface area (TPSA) is 75.6 Å². The normalized spacial score (nSPS) is 10.6. The molecule has 144 valence electrons. The van der Waals surface area contributed by atoms with E-state index in [4.69, 9.17) is 5.11 Å². The van der Waals surface area contributed by atoms with Crippen molar-refractivity contribution in [3.05, 3.63) is 58.7 Å². The van der Waals surface area contributed by atoms with Crippen LogP contribution in [0.15, 0.2) is 24.3 Å². The number of nitrogens with one attached hydrogen (secondary N) is 1. The van der Waals surface area contributed by atoms with Crippen LogP contribution < -0.4 is 5.32 Å². The van der Waals surface area contributed by atoms with Gasteiger partial charge in [-0.3, -0.25) is 4.79 Å². The highest BCUT2D eigenvalue weighted by molar-refractivity contribution is 5.79. The number of hydrogen-bond acceptors (Lipinski definition) is 4. The van der Waals surface area contributed by atoms with E-state index in [1.807, 2.05) is 6.92 Å². The molecule has 0 aliphatic heterocycles. The highest BCUT2D eigenvalue weighted by atomic mass is 19.2. The summed E-state index contributed by atoms with van der Waals surface area (Å²) >= 11 is 0. The molecule has 0 fully saturated rings. The number of aliphatic carboxylic acids is 1. The van der Waals surface area contributed by atoms with E-state index in [9.17, 15) is 27.2 Å². The SMILES string of the molecule is CCc1ccc(Nc2c(F)c(F)cc(F)c2F)c(CC(=O)OCC(=O)O)c1. The molecule has 0 aliphatic carbocycles. The molecule has 2 rings (SSSR count). The fourth-order valence-corrected chi connectivity index (χ4v) is 2.30. The van der Waals surface area contributed by atoms with Gasteiger partial charge in [0.2, 0.25) is 0 Å². The van der Waals surface area contributed by atoms with E-state index in [1.165, 1.54) is 12.1 Å². The highest BCUT2D eigenvalue weighted by Crippen LogP contribution is 2.30. The maximum atomic E-state index is 13.9. The average Bonchev–Trinajstić information content (AvgIpc) is 2.62. The first-order valence-electron chi connectivity index (χ1n) is 7.82. The van der Waals surface area contributed by atoms with Crippen LogP contribution in [-0.2, 0) is 27.2 Å². The minimum absolute atomic E-state index is 0.0160. The number of carboxylic acid groups (broad SMARTS) is 1. The van der Waals surface area contributed by atoms with Crippen molar-refractivity contribution in [3.8, 4) is 0 Å². The molecule has 27 heavy (non-hydrogen) atoms. The van der Waals surface area contributed by atoms with Gasteiger partial charge >= 0.3 is 11.9 Å². The second-order valence-corrected chi connectivity index (χ2v) is 5.54. The zero-order valence-electron chi connectivity index (χ0n) is 14.1. The number of halogens is 4. The quantitative estimate of drug-likeness (QED) is 0.432. The van der Waals surface area contributed by atoms with Crippen LogP contribution >= 0.6 is 0 Å². The Morgan fingerprint density at radius 2 is 1.70 bits per heavy atom. The molecule has 0 atom stereocenters. The molecule has 0 spiro atoms. The molecular formula is C18H15F4NO4. The second-order valence-electron chi connectivity index (χ2n) is 5.54. The van der Waals surface area contributed by atoms with E-state index in [0.29, 0.717) is 6.42 Å². The van der Waals surface area contributed by atoms with Crippen LogP contribution in [0.4, 0.5) is 28.9 Å². The molecule has 9 heteroatoms. The number of ether oxygens (including phenoxy) is 1. The number of aryl methyl sites for hydroxylation is 1. The zero-order valence-corrected chi connectivity index (χ0v) is 14.1. The van der Waals surface area contributed by atoms with E-state index < -0.39 is 53.9 Å². The van der Waals surface area contributed by atoms with E-state index in [0.717, 1.165) is 5.56 Å². The fraction of sp³-hybridized carbons (Fsp3) is 0.222. The molecule has 0 bridgehead atoms. The van der Waals surface area contributed by atoms with Crippen LogP contribution in [0.5, 0.6) is 0 Å². The van der Waals surface area contributed by atoms with Crippen molar-refractivity contribution < 1.29 is 37.0 Å². The molecule has 0 unspecified atom stereocenters. The Morgan fingerprint density at radius 1 is 1.07 bits per heavy atom. The number of anilines is 2. The first kappa shape index (κ1) is 20.2. The molecular weight excluding hydrogens is 370 g/mol. The second kappa shape index (κ2) is 8.52. The molecule has 2 aromatic carbocycles. The summed E-state index contributed by atoms with van der Waals surface area (Å²) in [6, 6.07) is 4.61. The van der Waals surface area contributed by atoms with Crippen LogP contribution in [0.1, 0.15) is 18.1 Å². The van der Waals surface area contributed by atoms with Gasteiger partial charge in [0.05, 0.1) is 6.42 Å². The minimum atomic E-state index is -1.62. The Bertz CT molecular complexity index is 860. The smallest absolute Gasteiger partial charge is 0.341 e. The summed E-state index contributed by atoms with van der Waals surface area (Å²) in [5.41, 5.74) is -0.0414. The van der Waals surface area contributed by atoms with Gasteiger partial charge in [0.15, 0.2) is 29.9 Å². The largest absolute Gasteiger partial charge is 0.479 e. The summed E-state index contributed by atoms with van der Waals surface area (Å²) in [6.45, 7) is 0.990. The summed E-state index contributed by atoms with van der Waals surface area (Å²) in [5, 5.41) is 10.8. The fourth-order valence-electron chi connectivity index (χ4n) is 2.30. The molecule has 0 aromatic heterocycles. The number of carboxylic acids is 1. The Labute approximate surface area is 151 Å². The van der Waals surface area contributed by atoms with E-state index in [2.05, 4.69) is 10.1 Å². The summed E-state index contributed by atoms with van der Waals surface area (Å²) in [4.78, 5) is 22.2. The molecule has 2 aromatic rings. The molecule has 0 saturated heterocycles. The monoisotopic (exact) mass is 385 g/mol. The van der Waals surface area contributed by atoms with E-state index in [1.54, 1.807) is 6.07 Å². The minimum Gasteiger partial charge on any atom is -0.479 e. The van der Waals surface area contributed by atoms with Crippen molar-refractivity contribution in [2.24, 2.45) is 0 Å².